The number of likely N-dealkylation sites (tertiary alicyclic amines) is 1. The van der Waals surface area contributed by atoms with Crippen LogP contribution in [0.25, 0.3) is 0 Å². The second-order valence-electron chi connectivity index (χ2n) is 4.42. The molecule has 0 spiro atoms. The van der Waals surface area contributed by atoms with Crippen molar-refractivity contribution < 1.29 is 4.79 Å². The molecule has 0 saturated carbocycles. The molecule has 1 N–H and O–H groups in total. The number of hydrogen-bond acceptors (Lipinski definition) is 3. The first-order valence-electron chi connectivity index (χ1n) is 6.04. The summed E-state index contributed by atoms with van der Waals surface area (Å²) in [6.07, 6.45) is 1.81. The van der Waals surface area contributed by atoms with Crippen molar-refractivity contribution in [3.05, 3.63) is 0 Å². The first kappa shape index (κ1) is 10.9. The third-order valence-electron chi connectivity index (χ3n) is 3.47. The molecule has 2 saturated heterocycles. The summed E-state index contributed by atoms with van der Waals surface area (Å²) in [7, 11) is 0. The number of carbonyl (C=O) groups is 1. The van der Waals surface area contributed by atoms with Gasteiger partial charge in [0.15, 0.2) is 0 Å². The summed E-state index contributed by atoms with van der Waals surface area (Å²) >= 11 is 0. The summed E-state index contributed by atoms with van der Waals surface area (Å²) < 4.78 is 0. The van der Waals surface area contributed by atoms with Gasteiger partial charge in [0.05, 0.1) is 0 Å². The fourth-order valence-electron chi connectivity index (χ4n) is 2.61. The highest BCUT2D eigenvalue weighted by molar-refractivity contribution is 5.78. The lowest BCUT2D eigenvalue weighted by Gasteiger charge is -2.32. The molecule has 2 rings (SSSR count). The van der Waals surface area contributed by atoms with Gasteiger partial charge >= 0.3 is 0 Å². The van der Waals surface area contributed by atoms with Crippen LogP contribution in [0.1, 0.15) is 19.8 Å². The Morgan fingerprint density at radius 1 is 1.40 bits per heavy atom. The molecule has 2 aliphatic rings. The third kappa shape index (κ3) is 2.49. The highest BCUT2D eigenvalue weighted by Crippen LogP contribution is 2.19. The molecule has 2 aliphatic heterocycles. The van der Waals surface area contributed by atoms with Gasteiger partial charge in [-0.25, -0.2) is 0 Å². The van der Waals surface area contributed by atoms with Crippen molar-refractivity contribution in [3.63, 3.8) is 0 Å². The van der Waals surface area contributed by atoms with E-state index in [0.717, 1.165) is 52.1 Å². The number of likely N-dealkylation sites (N-methyl/N-ethyl adjacent to an activating group) is 1. The Hall–Kier alpha value is -0.610. The number of piperazine rings is 1. The van der Waals surface area contributed by atoms with Crippen LogP contribution in [0, 0.1) is 0 Å². The van der Waals surface area contributed by atoms with E-state index in [1.807, 2.05) is 4.90 Å². The van der Waals surface area contributed by atoms with Crippen LogP contribution in [0.15, 0.2) is 0 Å². The summed E-state index contributed by atoms with van der Waals surface area (Å²) in [5.74, 6) is 0.345. The number of rotatable bonds is 3. The maximum atomic E-state index is 11.6. The average molecular weight is 211 g/mol. The van der Waals surface area contributed by atoms with Gasteiger partial charge in [-0.3, -0.25) is 9.69 Å². The summed E-state index contributed by atoms with van der Waals surface area (Å²) in [5, 5.41) is 3.35. The number of amides is 1. The van der Waals surface area contributed by atoms with E-state index in [9.17, 15) is 4.79 Å². The minimum atomic E-state index is 0.345. The zero-order chi connectivity index (χ0) is 10.7. The zero-order valence-corrected chi connectivity index (χ0v) is 9.54. The van der Waals surface area contributed by atoms with Crippen LogP contribution < -0.4 is 5.32 Å². The molecule has 0 bridgehead atoms. The Labute approximate surface area is 91.6 Å². The number of nitrogens with one attached hydrogen (secondary N) is 1. The highest BCUT2D eigenvalue weighted by Gasteiger charge is 2.30. The van der Waals surface area contributed by atoms with E-state index in [4.69, 9.17) is 0 Å². The predicted molar refractivity (Wildman–Crippen MR) is 59.7 cm³/mol. The lowest BCUT2D eigenvalue weighted by Crippen LogP contribution is -2.49. The van der Waals surface area contributed by atoms with Crippen molar-refractivity contribution in [3.8, 4) is 0 Å². The first-order valence-corrected chi connectivity index (χ1v) is 6.04. The second kappa shape index (κ2) is 4.94. The van der Waals surface area contributed by atoms with Crippen molar-refractivity contribution in [1.82, 2.24) is 15.1 Å². The topological polar surface area (TPSA) is 35.6 Å². The summed E-state index contributed by atoms with van der Waals surface area (Å²) in [6, 6.07) is 0.473. The first-order chi connectivity index (χ1) is 7.31. The van der Waals surface area contributed by atoms with Gasteiger partial charge in [0.25, 0.3) is 0 Å². The van der Waals surface area contributed by atoms with E-state index in [1.165, 1.54) is 0 Å². The van der Waals surface area contributed by atoms with Crippen molar-refractivity contribution >= 4 is 5.91 Å². The molecule has 86 valence electrons. The zero-order valence-electron chi connectivity index (χ0n) is 9.54. The van der Waals surface area contributed by atoms with Gasteiger partial charge in [0, 0.05) is 51.7 Å². The molecule has 4 nitrogen and oxygen atoms in total. The monoisotopic (exact) mass is 211 g/mol. The Morgan fingerprint density at radius 2 is 2.13 bits per heavy atom. The van der Waals surface area contributed by atoms with Crippen LogP contribution in [0.3, 0.4) is 0 Å². The maximum absolute atomic E-state index is 11.6. The van der Waals surface area contributed by atoms with Crippen LogP contribution >= 0.6 is 0 Å². The normalized spacial score (nSPS) is 28.7. The van der Waals surface area contributed by atoms with Crippen LogP contribution in [0.4, 0.5) is 0 Å². The maximum Gasteiger partial charge on any atom is 0.222 e. The van der Waals surface area contributed by atoms with Crippen LogP contribution in [-0.4, -0.2) is 61.0 Å². The van der Waals surface area contributed by atoms with Crippen molar-refractivity contribution in [2.45, 2.75) is 25.8 Å². The quantitative estimate of drug-likeness (QED) is 0.708. The largest absolute Gasteiger partial charge is 0.339 e. The lowest BCUT2D eigenvalue weighted by atomic mass is 10.2. The van der Waals surface area contributed by atoms with Crippen LogP contribution in [0.2, 0.25) is 0 Å². The van der Waals surface area contributed by atoms with E-state index < -0.39 is 0 Å². The van der Waals surface area contributed by atoms with Crippen LogP contribution in [-0.2, 0) is 4.79 Å². The number of hydrogen-bond donors (Lipinski definition) is 1. The Balaban J connectivity index is 1.85. The van der Waals surface area contributed by atoms with E-state index in [0.29, 0.717) is 11.9 Å². The molecule has 4 heteroatoms. The summed E-state index contributed by atoms with van der Waals surface area (Å²) in [4.78, 5) is 16.1. The molecule has 1 unspecified atom stereocenters. The summed E-state index contributed by atoms with van der Waals surface area (Å²) in [5.41, 5.74) is 0. The van der Waals surface area contributed by atoms with Crippen molar-refractivity contribution in [2.24, 2.45) is 0 Å². The van der Waals surface area contributed by atoms with Gasteiger partial charge < -0.3 is 10.2 Å². The second-order valence-corrected chi connectivity index (χ2v) is 4.42. The fraction of sp³-hybridized carbons (Fsp3) is 0.909. The smallest absolute Gasteiger partial charge is 0.222 e. The SMILES string of the molecule is CCN1C(=O)CCC1CN1CCNCC1. The molecule has 2 heterocycles. The molecule has 1 amide bonds. The standard InChI is InChI=1S/C11H21N3O/c1-2-14-10(3-4-11(14)15)9-13-7-5-12-6-8-13/h10,12H,2-9H2,1H3. The minimum Gasteiger partial charge on any atom is -0.339 e. The fourth-order valence-corrected chi connectivity index (χ4v) is 2.61. The van der Waals surface area contributed by atoms with Crippen molar-refractivity contribution in [1.29, 1.82) is 0 Å². The van der Waals surface area contributed by atoms with Gasteiger partial charge in [0.2, 0.25) is 5.91 Å². The van der Waals surface area contributed by atoms with Gasteiger partial charge in [-0.1, -0.05) is 0 Å². The molecule has 0 aromatic heterocycles. The molecule has 2 fully saturated rings. The van der Waals surface area contributed by atoms with E-state index in [2.05, 4.69) is 17.1 Å². The predicted octanol–water partition coefficient (Wildman–Crippen LogP) is -0.0975. The van der Waals surface area contributed by atoms with Crippen molar-refractivity contribution in [2.75, 3.05) is 39.3 Å². The van der Waals surface area contributed by atoms with E-state index in [-0.39, 0.29) is 0 Å². The van der Waals surface area contributed by atoms with E-state index >= 15 is 0 Å². The molecule has 0 aromatic rings. The molecule has 0 aromatic carbocycles. The molecule has 0 aliphatic carbocycles. The average Bonchev–Trinajstić information content (AvgIpc) is 2.61. The number of nitrogens with zero attached hydrogens (tertiary/aromatic N) is 2. The van der Waals surface area contributed by atoms with Gasteiger partial charge in [-0.05, 0) is 13.3 Å². The Kier molecular flexibility index (Phi) is 3.59. The van der Waals surface area contributed by atoms with E-state index in [1.54, 1.807) is 0 Å². The van der Waals surface area contributed by atoms with Gasteiger partial charge in [-0.15, -0.1) is 0 Å². The summed E-state index contributed by atoms with van der Waals surface area (Å²) in [6.45, 7) is 8.45. The highest BCUT2D eigenvalue weighted by atomic mass is 16.2. The molecular formula is C11H21N3O. The lowest BCUT2D eigenvalue weighted by molar-refractivity contribution is -0.128. The molecular weight excluding hydrogens is 190 g/mol. The molecule has 15 heavy (non-hydrogen) atoms. The van der Waals surface area contributed by atoms with Crippen LogP contribution in [0.5, 0.6) is 0 Å². The molecule has 1 atom stereocenters. The Morgan fingerprint density at radius 3 is 2.80 bits per heavy atom. The van der Waals surface area contributed by atoms with Gasteiger partial charge in [0.1, 0.15) is 0 Å². The molecule has 0 radical (unpaired) electrons. The Bertz CT molecular complexity index is 226. The number of carbonyl (C=O) groups excluding carboxylic acids is 1. The third-order valence-corrected chi connectivity index (χ3v) is 3.47. The minimum absolute atomic E-state index is 0.345. The van der Waals surface area contributed by atoms with Gasteiger partial charge in [-0.2, -0.15) is 0 Å².